The van der Waals surface area contributed by atoms with E-state index >= 15 is 0 Å². The fourth-order valence-corrected chi connectivity index (χ4v) is 3.86. The molecule has 1 N–H and O–H groups in total. The van der Waals surface area contributed by atoms with Crippen molar-refractivity contribution in [2.75, 3.05) is 7.05 Å². The Bertz CT molecular complexity index is 718. The van der Waals surface area contributed by atoms with Crippen LogP contribution in [0, 0.1) is 11.8 Å². The summed E-state index contributed by atoms with van der Waals surface area (Å²) in [6, 6.07) is 9.57. The number of esters is 1. The Balaban J connectivity index is 1.85. The van der Waals surface area contributed by atoms with E-state index in [0.29, 0.717) is 17.2 Å². The summed E-state index contributed by atoms with van der Waals surface area (Å²) in [5, 5.41) is 11.1. The van der Waals surface area contributed by atoms with Crippen molar-refractivity contribution in [1.29, 1.82) is 0 Å². The third kappa shape index (κ3) is 3.49. The van der Waals surface area contributed by atoms with E-state index in [1.165, 1.54) is 0 Å². The van der Waals surface area contributed by atoms with E-state index in [0.717, 1.165) is 25.7 Å². The number of fused-ring (bicyclic) bond motifs is 2. The average molecular weight is 339 g/mol. The van der Waals surface area contributed by atoms with Crippen LogP contribution in [0.2, 0.25) is 0 Å². The van der Waals surface area contributed by atoms with Crippen molar-refractivity contribution in [2.24, 2.45) is 0 Å². The first-order valence-corrected chi connectivity index (χ1v) is 8.81. The first-order chi connectivity index (χ1) is 11.9. The van der Waals surface area contributed by atoms with Crippen molar-refractivity contribution in [3.05, 3.63) is 48.0 Å². The molecule has 2 aliphatic heterocycles. The number of hydrogen-bond donors (Lipinski definition) is 1. The molecule has 3 unspecified atom stereocenters. The van der Waals surface area contributed by atoms with Crippen LogP contribution in [0.15, 0.2) is 42.5 Å². The Morgan fingerprint density at radius 3 is 2.64 bits per heavy atom. The van der Waals surface area contributed by atoms with Gasteiger partial charge in [0.25, 0.3) is 5.60 Å². The normalized spacial score (nSPS) is 27.7. The smallest absolute Gasteiger partial charge is 0.356 e. The number of benzene rings is 1. The minimum Gasteiger partial charge on any atom is -0.458 e. The molecule has 1 aromatic carbocycles. The Hall–Kier alpha value is -2.09. The van der Waals surface area contributed by atoms with Crippen LogP contribution in [0.1, 0.15) is 38.2 Å². The predicted molar refractivity (Wildman–Crippen MR) is 96.6 cm³/mol. The highest BCUT2D eigenvalue weighted by atomic mass is 16.6. The third-order valence-electron chi connectivity index (χ3n) is 5.31. The van der Waals surface area contributed by atoms with Gasteiger partial charge in [-0.2, -0.15) is 0 Å². The van der Waals surface area contributed by atoms with Crippen LogP contribution in [0.3, 0.4) is 0 Å². The zero-order valence-corrected chi connectivity index (χ0v) is 14.9. The van der Waals surface area contributed by atoms with Crippen molar-refractivity contribution < 1.29 is 14.6 Å². The lowest BCUT2D eigenvalue weighted by Crippen LogP contribution is -2.49. The maximum atomic E-state index is 12.9. The second kappa shape index (κ2) is 7.03. The van der Waals surface area contributed by atoms with E-state index in [1.54, 1.807) is 31.2 Å². The zero-order valence-electron chi connectivity index (χ0n) is 14.9. The van der Waals surface area contributed by atoms with Crippen LogP contribution in [-0.4, -0.2) is 41.2 Å². The van der Waals surface area contributed by atoms with Gasteiger partial charge in [0.15, 0.2) is 0 Å². The highest BCUT2D eigenvalue weighted by Crippen LogP contribution is 2.36. The van der Waals surface area contributed by atoms with Crippen LogP contribution in [0.5, 0.6) is 0 Å². The van der Waals surface area contributed by atoms with Crippen molar-refractivity contribution in [3.8, 4) is 11.8 Å². The minimum absolute atomic E-state index is 0.196. The van der Waals surface area contributed by atoms with Gasteiger partial charge in [0.1, 0.15) is 6.10 Å². The van der Waals surface area contributed by atoms with E-state index in [1.807, 2.05) is 6.07 Å². The first-order valence-electron chi connectivity index (χ1n) is 8.81. The topological polar surface area (TPSA) is 49.8 Å². The summed E-state index contributed by atoms with van der Waals surface area (Å²) < 4.78 is 5.78. The number of nitrogens with zero attached hydrogens (tertiary/aromatic N) is 1. The number of piperidine rings is 1. The summed E-state index contributed by atoms with van der Waals surface area (Å²) in [6.07, 6.45) is 3.84. The van der Waals surface area contributed by atoms with E-state index in [9.17, 15) is 9.90 Å². The number of aliphatic hydroxyl groups is 1. The van der Waals surface area contributed by atoms with Gasteiger partial charge in [-0.05, 0) is 51.1 Å². The number of likely N-dealkylation sites (N-methyl/N-ethyl adjacent to an activating group) is 1. The SMILES string of the molecule is C=C(C)C#C[C@@](O)(C(=O)OC1CCC2CCC1N2C)c1ccccc1. The van der Waals surface area contributed by atoms with Crippen molar-refractivity contribution in [2.45, 2.75) is 56.4 Å². The molecule has 0 saturated carbocycles. The molecule has 0 amide bonds. The molecule has 25 heavy (non-hydrogen) atoms. The second-order valence-corrected chi connectivity index (χ2v) is 7.09. The maximum absolute atomic E-state index is 12.9. The molecule has 2 heterocycles. The number of ether oxygens (including phenoxy) is 1. The summed E-state index contributed by atoms with van der Waals surface area (Å²) in [6.45, 7) is 5.46. The lowest BCUT2D eigenvalue weighted by atomic mass is 9.93. The largest absolute Gasteiger partial charge is 0.458 e. The van der Waals surface area contributed by atoms with Crippen molar-refractivity contribution >= 4 is 5.97 Å². The van der Waals surface area contributed by atoms with E-state index in [2.05, 4.69) is 30.4 Å². The molecule has 0 aliphatic carbocycles. The monoisotopic (exact) mass is 339 g/mol. The third-order valence-corrected chi connectivity index (χ3v) is 5.31. The van der Waals surface area contributed by atoms with Crippen molar-refractivity contribution in [1.82, 2.24) is 4.90 Å². The van der Waals surface area contributed by atoms with Gasteiger partial charge in [-0.25, -0.2) is 4.79 Å². The quantitative estimate of drug-likeness (QED) is 0.679. The molecule has 4 atom stereocenters. The summed E-state index contributed by atoms with van der Waals surface area (Å²) >= 11 is 0. The summed E-state index contributed by atoms with van der Waals surface area (Å²) in [4.78, 5) is 15.2. The number of carbonyl (C=O) groups excluding carboxylic acids is 1. The van der Waals surface area contributed by atoms with E-state index in [-0.39, 0.29) is 12.1 Å². The Morgan fingerprint density at radius 2 is 1.96 bits per heavy atom. The van der Waals surface area contributed by atoms with Crippen molar-refractivity contribution in [3.63, 3.8) is 0 Å². The molecule has 2 fully saturated rings. The van der Waals surface area contributed by atoms with Gasteiger partial charge in [0.05, 0.1) is 0 Å². The van der Waals surface area contributed by atoms with Gasteiger partial charge >= 0.3 is 5.97 Å². The molecule has 4 nitrogen and oxygen atoms in total. The minimum atomic E-state index is -1.98. The molecule has 4 heteroatoms. The number of carbonyl (C=O) groups is 1. The van der Waals surface area contributed by atoms with Gasteiger partial charge in [-0.1, -0.05) is 42.8 Å². The molecule has 0 spiro atoms. The average Bonchev–Trinajstić information content (AvgIpc) is 2.84. The van der Waals surface area contributed by atoms with E-state index < -0.39 is 11.6 Å². The fraction of sp³-hybridized carbons (Fsp3) is 0.476. The summed E-state index contributed by atoms with van der Waals surface area (Å²) in [5.74, 6) is 4.71. The van der Waals surface area contributed by atoms with Gasteiger partial charge in [0.2, 0.25) is 0 Å². The number of rotatable bonds is 3. The fourth-order valence-electron chi connectivity index (χ4n) is 3.86. The Labute approximate surface area is 149 Å². The lowest BCUT2D eigenvalue weighted by molar-refractivity contribution is -0.171. The predicted octanol–water partition coefficient (Wildman–Crippen LogP) is 2.62. The molecule has 3 rings (SSSR count). The molecular weight excluding hydrogens is 314 g/mol. The second-order valence-electron chi connectivity index (χ2n) is 7.09. The van der Waals surface area contributed by atoms with Gasteiger partial charge in [-0.3, -0.25) is 4.90 Å². The van der Waals surface area contributed by atoms with Gasteiger partial charge in [0, 0.05) is 17.6 Å². The molecule has 2 aliphatic rings. The molecule has 132 valence electrons. The molecule has 2 saturated heterocycles. The maximum Gasteiger partial charge on any atom is 0.356 e. The molecule has 1 aromatic rings. The van der Waals surface area contributed by atoms with Gasteiger partial charge in [-0.15, -0.1) is 0 Å². The Morgan fingerprint density at radius 1 is 1.28 bits per heavy atom. The standard InChI is InChI=1S/C21H25NO3/c1-15(2)13-14-21(24,16-7-5-4-6-8-16)20(23)25-19-12-10-17-9-11-18(19)22(17)3/h4-8,17-19,24H,1,9-12H2,2-3H3/t17?,18?,19?,21-/m0/s1. The number of allylic oxidation sites excluding steroid dienone is 1. The zero-order chi connectivity index (χ0) is 18.0. The Kier molecular flexibility index (Phi) is 4.99. The van der Waals surface area contributed by atoms with Gasteiger partial charge < -0.3 is 9.84 Å². The summed E-state index contributed by atoms with van der Waals surface area (Å²) in [5.41, 5.74) is -0.978. The molecule has 2 bridgehead atoms. The van der Waals surface area contributed by atoms with Crippen LogP contribution >= 0.6 is 0 Å². The molecule has 0 radical (unpaired) electrons. The summed E-state index contributed by atoms with van der Waals surface area (Å²) in [7, 11) is 2.09. The van der Waals surface area contributed by atoms with Crippen LogP contribution in [0.25, 0.3) is 0 Å². The van der Waals surface area contributed by atoms with Crippen LogP contribution in [-0.2, 0) is 15.1 Å². The highest BCUT2D eigenvalue weighted by molar-refractivity contribution is 5.85. The molecule has 0 aromatic heterocycles. The lowest BCUT2D eigenvalue weighted by Gasteiger charge is -2.37. The first kappa shape index (κ1) is 17.7. The van der Waals surface area contributed by atoms with Crippen LogP contribution in [0.4, 0.5) is 0 Å². The highest BCUT2D eigenvalue weighted by Gasteiger charge is 2.45. The number of hydrogen-bond acceptors (Lipinski definition) is 4. The van der Waals surface area contributed by atoms with Crippen LogP contribution < -0.4 is 0 Å². The molecular formula is C21H25NO3. The van der Waals surface area contributed by atoms with E-state index in [4.69, 9.17) is 4.74 Å².